The van der Waals surface area contributed by atoms with Gasteiger partial charge in [0.25, 0.3) is 10.0 Å². The van der Waals surface area contributed by atoms with Gasteiger partial charge in [0.2, 0.25) is 0 Å². The summed E-state index contributed by atoms with van der Waals surface area (Å²) in [5, 5.41) is 0.803. The molecular weight excluding hydrogens is 532 g/mol. The van der Waals surface area contributed by atoms with E-state index in [1.54, 1.807) is 36.4 Å². The van der Waals surface area contributed by atoms with Crippen molar-refractivity contribution in [2.75, 3.05) is 30.5 Å². The van der Waals surface area contributed by atoms with Crippen molar-refractivity contribution in [3.05, 3.63) is 95.2 Å². The Morgan fingerprint density at radius 1 is 0.780 bits per heavy atom. The Morgan fingerprint density at radius 3 is 2.07 bits per heavy atom. The molecule has 0 saturated carbocycles. The molecule has 0 aliphatic heterocycles. The summed E-state index contributed by atoms with van der Waals surface area (Å²) in [6.07, 6.45) is 4.36. The van der Waals surface area contributed by atoms with Gasteiger partial charge in [0, 0.05) is 23.9 Å². The number of fused-ring (bicyclic) bond motifs is 1. The highest BCUT2D eigenvalue weighted by Gasteiger charge is 2.26. The number of rotatable bonds is 15. The van der Waals surface area contributed by atoms with Gasteiger partial charge in [0.15, 0.2) is 5.78 Å². The Balaban J connectivity index is 1.65. The van der Waals surface area contributed by atoms with Gasteiger partial charge in [-0.1, -0.05) is 56.7 Å². The molecule has 1 heterocycles. The van der Waals surface area contributed by atoms with Gasteiger partial charge in [-0.25, -0.2) is 8.42 Å². The maximum absolute atomic E-state index is 13.9. The molecule has 0 N–H and O–H groups in total. The molecule has 0 atom stereocenters. The number of sulfonamides is 1. The second kappa shape index (κ2) is 14.0. The fourth-order valence-electron chi connectivity index (χ4n) is 5.30. The Labute approximate surface area is 245 Å². The number of anilines is 1. The average molecular weight is 575 g/mol. The Hall–Kier alpha value is -3.42. The molecule has 0 fully saturated rings. The van der Waals surface area contributed by atoms with Crippen molar-refractivity contribution >= 4 is 32.5 Å². The first-order valence-corrected chi connectivity index (χ1v) is 16.2. The van der Waals surface area contributed by atoms with Crippen LogP contribution in [0.5, 0.6) is 0 Å². The summed E-state index contributed by atoms with van der Waals surface area (Å²) in [5.74, 6) is 0.572. The highest BCUT2D eigenvalue weighted by molar-refractivity contribution is 7.92. The summed E-state index contributed by atoms with van der Waals surface area (Å²) < 4.78 is 35.3. The van der Waals surface area contributed by atoms with Gasteiger partial charge in [-0.3, -0.25) is 9.10 Å². The molecule has 1 aromatic heterocycles. The van der Waals surface area contributed by atoms with Crippen LogP contribution >= 0.6 is 0 Å². The van der Waals surface area contributed by atoms with Gasteiger partial charge in [0.1, 0.15) is 11.3 Å². The number of aryl methyl sites for hydroxylation is 2. The van der Waals surface area contributed by atoms with Crippen LogP contribution in [-0.2, 0) is 16.4 Å². The lowest BCUT2D eigenvalue weighted by molar-refractivity contribution is 0.103. The number of ketones is 1. The van der Waals surface area contributed by atoms with E-state index in [4.69, 9.17) is 4.42 Å². The number of para-hydroxylation sites is 1. The fourth-order valence-corrected chi connectivity index (χ4v) is 6.81. The molecule has 4 rings (SSSR count). The number of nitrogens with zero attached hydrogens (tertiary/aromatic N) is 2. The number of hydrogen-bond acceptors (Lipinski definition) is 5. The molecule has 218 valence electrons. The molecule has 3 aromatic carbocycles. The first kappa shape index (κ1) is 30.5. The van der Waals surface area contributed by atoms with Crippen LogP contribution in [0.2, 0.25) is 0 Å². The van der Waals surface area contributed by atoms with Gasteiger partial charge < -0.3 is 9.32 Å². The lowest BCUT2D eigenvalue weighted by atomic mass is 9.98. The molecule has 6 nitrogen and oxygen atoms in total. The normalized spacial score (nSPS) is 11.8. The lowest BCUT2D eigenvalue weighted by Gasteiger charge is -2.27. The van der Waals surface area contributed by atoms with Gasteiger partial charge >= 0.3 is 0 Å². The first-order valence-electron chi connectivity index (χ1n) is 14.8. The summed E-state index contributed by atoms with van der Waals surface area (Å²) in [6.45, 7) is 11.5. The third-order valence-corrected chi connectivity index (χ3v) is 9.16. The molecule has 4 aromatic rings. The number of furan rings is 1. The van der Waals surface area contributed by atoms with E-state index in [9.17, 15) is 13.2 Å². The van der Waals surface area contributed by atoms with E-state index in [-0.39, 0.29) is 10.7 Å². The summed E-state index contributed by atoms with van der Waals surface area (Å²) in [4.78, 5) is 16.4. The summed E-state index contributed by atoms with van der Waals surface area (Å²) >= 11 is 0. The first-order chi connectivity index (χ1) is 19.8. The third kappa shape index (κ3) is 7.08. The minimum absolute atomic E-state index is 0.118. The minimum atomic E-state index is -3.80. The average Bonchev–Trinajstić information content (AvgIpc) is 3.33. The largest absolute Gasteiger partial charge is 0.460 e. The van der Waals surface area contributed by atoms with Crippen LogP contribution in [0.25, 0.3) is 11.0 Å². The van der Waals surface area contributed by atoms with Crippen molar-refractivity contribution in [2.45, 2.75) is 64.7 Å². The van der Waals surface area contributed by atoms with Crippen LogP contribution in [0, 0.1) is 6.92 Å². The molecular formula is C34H42N2O4S. The second-order valence-corrected chi connectivity index (χ2v) is 12.5. The van der Waals surface area contributed by atoms with Gasteiger partial charge in [-0.15, -0.1) is 0 Å². The van der Waals surface area contributed by atoms with Gasteiger partial charge in [0.05, 0.1) is 16.1 Å². The van der Waals surface area contributed by atoms with Gasteiger partial charge in [-0.2, -0.15) is 0 Å². The summed E-state index contributed by atoms with van der Waals surface area (Å²) in [5.41, 5.74) is 3.34. The summed E-state index contributed by atoms with van der Waals surface area (Å²) in [7, 11) is -3.80. The number of carbonyl (C=O) groups is 1. The lowest BCUT2D eigenvalue weighted by Crippen LogP contribution is -2.35. The van der Waals surface area contributed by atoms with Crippen molar-refractivity contribution in [3.8, 4) is 0 Å². The summed E-state index contributed by atoms with van der Waals surface area (Å²) in [6, 6.07) is 21.5. The highest BCUT2D eigenvalue weighted by Crippen LogP contribution is 2.30. The van der Waals surface area contributed by atoms with Crippen LogP contribution in [0.4, 0.5) is 5.69 Å². The van der Waals surface area contributed by atoms with Crippen molar-refractivity contribution in [3.63, 3.8) is 0 Å². The maximum Gasteiger partial charge on any atom is 0.264 e. The van der Waals surface area contributed by atoms with Crippen LogP contribution in [-0.4, -0.2) is 45.3 Å². The predicted molar refractivity (Wildman–Crippen MR) is 167 cm³/mol. The van der Waals surface area contributed by atoms with Crippen molar-refractivity contribution in [2.24, 2.45) is 0 Å². The standard InChI is InChI=1S/C34H42N2O4S/c1-5-11-32-33(30-12-8-9-13-31(30)40-32)34(37)27-16-18-28(19-17-27)36(25-10-24-35(22-6-2)23-7-3)41(38,39)29-20-14-26(4)15-21-29/h8-9,12-21H,5-7,10-11,22-25H2,1-4H3. The molecule has 0 bridgehead atoms. The number of hydrogen-bond donors (Lipinski definition) is 0. The molecule has 0 aliphatic rings. The van der Waals surface area contributed by atoms with Crippen LogP contribution < -0.4 is 4.31 Å². The highest BCUT2D eigenvalue weighted by atomic mass is 32.2. The SMILES string of the molecule is CCCc1oc2ccccc2c1C(=O)c1ccc(N(CCCN(CCC)CCC)S(=O)(=O)c2ccc(C)cc2)cc1. The van der Waals surface area contributed by atoms with Crippen molar-refractivity contribution in [1.82, 2.24) is 4.90 Å². The fraction of sp³-hybridized carbons (Fsp3) is 0.382. The van der Waals surface area contributed by atoms with E-state index in [1.165, 1.54) is 4.31 Å². The van der Waals surface area contributed by atoms with Crippen molar-refractivity contribution < 1.29 is 17.6 Å². The Kier molecular flexibility index (Phi) is 10.4. The number of carbonyl (C=O) groups excluding carboxylic acids is 1. The van der Waals surface area contributed by atoms with Crippen LogP contribution in [0.15, 0.2) is 82.1 Å². The van der Waals surface area contributed by atoms with E-state index in [2.05, 4.69) is 25.7 Å². The van der Waals surface area contributed by atoms with E-state index in [0.717, 1.165) is 49.8 Å². The maximum atomic E-state index is 13.9. The number of benzene rings is 3. The van der Waals surface area contributed by atoms with E-state index >= 15 is 0 Å². The Bertz CT molecular complexity index is 1530. The topological polar surface area (TPSA) is 70.8 Å². The quantitative estimate of drug-likeness (QED) is 0.137. The monoisotopic (exact) mass is 574 g/mol. The third-order valence-electron chi connectivity index (χ3n) is 7.31. The molecule has 0 spiro atoms. The molecule has 0 saturated heterocycles. The van der Waals surface area contributed by atoms with Gasteiger partial charge in [-0.05, 0) is 94.7 Å². The smallest absolute Gasteiger partial charge is 0.264 e. The zero-order valence-corrected chi connectivity index (χ0v) is 25.5. The zero-order valence-electron chi connectivity index (χ0n) is 24.7. The van der Waals surface area contributed by atoms with E-state index < -0.39 is 10.0 Å². The predicted octanol–water partition coefficient (Wildman–Crippen LogP) is 7.63. The molecule has 0 amide bonds. The van der Waals surface area contributed by atoms with Crippen molar-refractivity contribution in [1.29, 1.82) is 0 Å². The second-order valence-electron chi connectivity index (χ2n) is 10.6. The molecule has 0 aliphatic carbocycles. The zero-order chi connectivity index (χ0) is 29.4. The minimum Gasteiger partial charge on any atom is -0.460 e. The van der Waals surface area contributed by atoms with Crippen LogP contribution in [0.3, 0.4) is 0 Å². The van der Waals surface area contributed by atoms with E-state index in [0.29, 0.717) is 47.5 Å². The molecule has 0 radical (unpaired) electrons. The molecule has 0 unspecified atom stereocenters. The Morgan fingerprint density at radius 2 is 1.44 bits per heavy atom. The molecule has 7 heteroatoms. The van der Waals surface area contributed by atoms with Crippen LogP contribution in [0.1, 0.15) is 73.7 Å². The van der Waals surface area contributed by atoms with E-state index in [1.807, 2.05) is 43.3 Å². The molecule has 41 heavy (non-hydrogen) atoms.